The van der Waals surface area contributed by atoms with E-state index >= 15 is 0 Å². The molecule has 0 fully saturated rings. The molecule has 0 aliphatic carbocycles. The quantitative estimate of drug-likeness (QED) is 0.467. The molecule has 0 atom stereocenters. The third-order valence-electron chi connectivity index (χ3n) is 0.756. The van der Waals surface area contributed by atoms with Crippen LogP contribution >= 0.6 is 61.1 Å². The predicted octanol–water partition coefficient (Wildman–Crippen LogP) is 5.42. The van der Waals surface area contributed by atoms with Crippen LogP contribution in [0.2, 0.25) is 0 Å². The standard InChI is InChI=1S/C6H6S.5ClH.Zn/c7-6-4-2-1-3-5-6;;;;;;/h1-5,7H;5*1H;/q;;;;;;+5/p-5. The van der Waals surface area contributed by atoms with Gasteiger partial charge in [-0.2, -0.15) is 0 Å². The van der Waals surface area contributed by atoms with E-state index < -0.39 is 8.65 Å². The van der Waals surface area contributed by atoms with E-state index in [4.69, 9.17) is 48.5 Å². The average molecular weight is 353 g/mol. The van der Waals surface area contributed by atoms with Gasteiger partial charge in [0.05, 0.1) is 0 Å². The molecule has 0 heterocycles. The van der Waals surface area contributed by atoms with Crippen LogP contribution < -0.4 is 0 Å². The third-order valence-corrected chi connectivity index (χ3v) is 1.05. The first-order valence-corrected chi connectivity index (χ1v) is 23.4. The summed E-state index contributed by atoms with van der Waals surface area (Å²) >= 11 is 4.08. The summed E-state index contributed by atoms with van der Waals surface area (Å²) in [7, 11) is 20.9. The van der Waals surface area contributed by atoms with E-state index in [0.29, 0.717) is 0 Å². The Kier molecular flexibility index (Phi) is 6.37. The molecule has 0 saturated heterocycles. The molecule has 7 heteroatoms. The summed E-state index contributed by atoms with van der Waals surface area (Å²) in [5.41, 5.74) is 0. The van der Waals surface area contributed by atoms with Crippen LogP contribution in [0.15, 0.2) is 35.2 Å². The van der Waals surface area contributed by atoms with Crippen molar-refractivity contribution in [3.05, 3.63) is 30.3 Å². The van der Waals surface area contributed by atoms with E-state index in [1.165, 1.54) is 0 Å². The SMILES string of the molecule is Sc1ccccc1.[Cl][Zn]([Cl])([Cl])([Cl])[Cl]. The predicted molar refractivity (Wildman–Crippen MR) is 63.0 cm³/mol. The fourth-order valence-electron chi connectivity index (χ4n) is 0.428. The molecule has 0 aliphatic rings. The van der Waals surface area contributed by atoms with Crippen LogP contribution in [0.5, 0.6) is 0 Å². The summed E-state index contributed by atoms with van der Waals surface area (Å²) in [5, 5.41) is 0. The van der Waals surface area contributed by atoms with E-state index in [1.807, 2.05) is 30.3 Å². The summed E-state index contributed by atoms with van der Waals surface area (Å²) in [6.45, 7) is 0. The maximum atomic E-state index is 5.06. The summed E-state index contributed by atoms with van der Waals surface area (Å²) < 4.78 is 0. The molecule has 0 aliphatic heterocycles. The van der Waals surface area contributed by atoms with Crippen LogP contribution in [0.3, 0.4) is 0 Å². The van der Waals surface area contributed by atoms with Gasteiger partial charge in [-0.1, -0.05) is 18.2 Å². The Morgan fingerprint density at radius 2 is 1.15 bits per heavy atom. The Hall–Kier alpha value is 1.64. The van der Waals surface area contributed by atoms with Gasteiger partial charge >= 0.3 is 57.1 Å². The van der Waals surface area contributed by atoms with E-state index in [-0.39, 0.29) is 0 Å². The molecule has 1 rings (SSSR count). The molecular formula is C6H6Cl5SZn. The Balaban J connectivity index is 0.000000226. The maximum absolute atomic E-state index is 5.06. The zero-order valence-electron chi connectivity index (χ0n) is 6.43. The summed E-state index contributed by atoms with van der Waals surface area (Å²) in [6, 6.07) is 9.79. The van der Waals surface area contributed by atoms with Gasteiger partial charge in [0.15, 0.2) is 0 Å². The minimum absolute atomic E-state index is 1.02. The minimum atomic E-state index is -4.46. The van der Waals surface area contributed by atoms with Gasteiger partial charge in [-0.25, -0.2) is 0 Å². The second kappa shape index (κ2) is 5.65. The zero-order chi connectivity index (χ0) is 10.6. The van der Waals surface area contributed by atoms with Crippen molar-refractivity contribution in [2.24, 2.45) is 0 Å². The molecule has 0 unspecified atom stereocenters. The number of rotatable bonds is 0. The van der Waals surface area contributed by atoms with Crippen molar-refractivity contribution in [3.8, 4) is 0 Å². The summed E-state index contributed by atoms with van der Waals surface area (Å²) in [5.74, 6) is 0. The van der Waals surface area contributed by atoms with Crippen LogP contribution in [0.1, 0.15) is 0 Å². The first kappa shape index (κ1) is 14.6. The first-order chi connectivity index (χ1) is 5.63. The van der Waals surface area contributed by atoms with Gasteiger partial charge in [0.2, 0.25) is 0 Å². The second-order valence-corrected chi connectivity index (χ2v) is 49.1. The number of thiol groups is 1. The molecule has 13 heavy (non-hydrogen) atoms. The Morgan fingerprint density at radius 1 is 0.846 bits per heavy atom. The number of hydrogen-bond donors (Lipinski definition) is 1. The van der Waals surface area contributed by atoms with Gasteiger partial charge in [-0.3, -0.25) is 0 Å². The van der Waals surface area contributed by atoms with Crippen LogP contribution in [-0.4, -0.2) is 0 Å². The third kappa shape index (κ3) is 19.9. The molecule has 0 nitrogen and oxygen atoms in total. The first-order valence-electron chi connectivity index (χ1n) is 3.47. The molecule has 73 valence electrons. The summed E-state index contributed by atoms with van der Waals surface area (Å²) in [6.07, 6.45) is 0. The molecule has 0 N–H and O–H groups in total. The topological polar surface area (TPSA) is 0 Å². The van der Waals surface area contributed by atoms with Gasteiger partial charge in [0, 0.05) is 4.90 Å². The van der Waals surface area contributed by atoms with Crippen LogP contribution in [0, 0.1) is 0 Å². The van der Waals surface area contributed by atoms with Crippen LogP contribution in [0.4, 0.5) is 0 Å². The molecule has 0 aromatic heterocycles. The molecule has 0 bridgehead atoms. The fourth-order valence-corrected chi connectivity index (χ4v) is 0.600. The average Bonchev–Trinajstić information content (AvgIpc) is 1.83. The van der Waals surface area contributed by atoms with Gasteiger partial charge in [-0.05, 0) is 12.1 Å². The van der Waals surface area contributed by atoms with Crippen LogP contribution in [0.25, 0.3) is 0 Å². The van der Waals surface area contributed by atoms with E-state index in [1.54, 1.807) is 0 Å². The molecule has 0 radical (unpaired) electrons. The Morgan fingerprint density at radius 3 is 1.31 bits per heavy atom. The van der Waals surface area contributed by atoms with E-state index in [9.17, 15) is 0 Å². The van der Waals surface area contributed by atoms with Gasteiger partial charge in [0.1, 0.15) is 0 Å². The number of hydrogen-bond acceptors (Lipinski definition) is 1. The second-order valence-electron chi connectivity index (χ2n) is 2.35. The van der Waals surface area contributed by atoms with Crippen molar-refractivity contribution in [2.75, 3.05) is 0 Å². The normalized spacial score (nSPS) is 11.6. The van der Waals surface area contributed by atoms with Crippen molar-refractivity contribution in [2.45, 2.75) is 4.90 Å². The zero-order valence-corrected chi connectivity index (χ0v) is 14.1. The van der Waals surface area contributed by atoms with Gasteiger partial charge in [-0.15, -0.1) is 12.6 Å². The molecular weight excluding hydrogens is 347 g/mol. The van der Waals surface area contributed by atoms with Crippen molar-refractivity contribution in [1.82, 2.24) is 0 Å². The van der Waals surface area contributed by atoms with E-state index in [2.05, 4.69) is 12.6 Å². The fraction of sp³-hybridized carbons (Fsp3) is 0. The van der Waals surface area contributed by atoms with Gasteiger partial charge in [0.25, 0.3) is 0 Å². The molecule has 0 saturated carbocycles. The molecule has 0 amide bonds. The Labute approximate surface area is 104 Å². The summed E-state index contributed by atoms with van der Waals surface area (Å²) in [4.78, 5) is 1.02. The number of halogens is 5. The monoisotopic (exact) mass is 349 g/mol. The number of benzene rings is 1. The molecule has 1 aromatic carbocycles. The Bertz CT molecular complexity index is 238. The van der Waals surface area contributed by atoms with Crippen molar-refractivity contribution in [1.29, 1.82) is 0 Å². The van der Waals surface area contributed by atoms with Crippen LogP contribution in [-0.2, 0) is 8.65 Å². The molecule has 0 spiro atoms. The van der Waals surface area contributed by atoms with Crippen molar-refractivity contribution >= 4 is 61.1 Å². The van der Waals surface area contributed by atoms with E-state index in [0.717, 1.165) is 4.90 Å². The molecule has 1 aromatic rings. The van der Waals surface area contributed by atoms with Crippen molar-refractivity contribution in [3.63, 3.8) is 0 Å². The van der Waals surface area contributed by atoms with Gasteiger partial charge < -0.3 is 0 Å². The van der Waals surface area contributed by atoms with Crippen molar-refractivity contribution < 1.29 is 8.65 Å².